The number of aromatic nitrogens is 4. The van der Waals surface area contributed by atoms with Crippen LogP contribution in [-0.4, -0.2) is 19.6 Å². The van der Waals surface area contributed by atoms with Gasteiger partial charge in [-0.2, -0.15) is 10.2 Å². The largest absolute Gasteiger partial charge is 0.272 e. The zero-order valence-corrected chi connectivity index (χ0v) is 15.1. The second kappa shape index (κ2) is 8.23. The summed E-state index contributed by atoms with van der Waals surface area (Å²) in [4.78, 5) is 0. The van der Waals surface area contributed by atoms with Gasteiger partial charge in [-0.1, -0.05) is 19.3 Å². The first-order valence-corrected chi connectivity index (χ1v) is 8.76. The molecule has 0 aliphatic heterocycles. The molecule has 104 valence electrons. The number of nitrogens with zero attached hydrogens (tertiary/aromatic N) is 4. The third-order valence-electron chi connectivity index (χ3n) is 2.98. The third kappa shape index (κ3) is 5.80. The van der Waals surface area contributed by atoms with Crippen molar-refractivity contribution in [2.75, 3.05) is 0 Å². The average molecular weight is 484 g/mol. The lowest BCUT2D eigenvalue weighted by molar-refractivity contribution is 0.502. The first kappa shape index (κ1) is 15.3. The van der Waals surface area contributed by atoms with Gasteiger partial charge in [0.15, 0.2) is 0 Å². The SMILES string of the molecule is Ic1cnn(CCCCCCCn2cc(I)cn2)c1. The van der Waals surface area contributed by atoms with Crippen LogP contribution in [0.15, 0.2) is 24.8 Å². The van der Waals surface area contributed by atoms with Gasteiger partial charge < -0.3 is 0 Å². The van der Waals surface area contributed by atoms with Gasteiger partial charge in [0.1, 0.15) is 0 Å². The molecule has 19 heavy (non-hydrogen) atoms. The molecule has 6 heteroatoms. The molecule has 0 fully saturated rings. The Balaban J connectivity index is 1.48. The van der Waals surface area contributed by atoms with E-state index < -0.39 is 0 Å². The lowest BCUT2D eigenvalue weighted by Crippen LogP contribution is -1.99. The van der Waals surface area contributed by atoms with Crippen LogP contribution in [0, 0.1) is 7.14 Å². The van der Waals surface area contributed by atoms with Crippen molar-refractivity contribution in [3.8, 4) is 0 Å². The summed E-state index contributed by atoms with van der Waals surface area (Å²) >= 11 is 4.59. The van der Waals surface area contributed by atoms with E-state index in [0.29, 0.717) is 0 Å². The van der Waals surface area contributed by atoms with Crippen molar-refractivity contribution >= 4 is 45.2 Å². The number of hydrogen-bond acceptors (Lipinski definition) is 2. The highest BCUT2D eigenvalue weighted by Gasteiger charge is 1.97. The quantitative estimate of drug-likeness (QED) is 0.421. The topological polar surface area (TPSA) is 35.6 Å². The molecular formula is C13H18I2N4. The molecule has 0 unspecified atom stereocenters. The molecule has 0 bridgehead atoms. The molecule has 0 aromatic carbocycles. The fourth-order valence-electron chi connectivity index (χ4n) is 2.00. The molecule has 2 heterocycles. The normalized spacial score (nSPS) is 11.1. The molecule has 2 aromatic heterocycles. The highest BCUT2D eigenvalue weighted by Crippen LogP contribution is 2.08. The van der Waals surface area contributed by atoms with Gasteiger partial charge in [0, 0.05) is 25.5 Å². The Bertz CT molecular complexity index is 448. The molecule has 0 amide bonds. The van der Waals surface area contributed by atoms with Crippen LogP contribution >= 0.6 is 45.2 Å². The van der Waals surface area contributed by atoms with Crippen molar-refractivity contribution in [3.05, 3.63) is 31.9 Å². The van der Waals surface area contributed by atoms with Gasteiger partial charge in [-0.15, -0.1) is 0 Å². The molecule has 0 aliphatic carbocycles. The Morgan fingerprint density at radius 3 is 1.53 bits per heavy atom. The highest BCUT2D eigenvalue weighted by molar-refractivity contribution is 14.1. The van der Waals surface area contributed by atoms with Crippen LogP contribution in [-0.2, 0) is 13.1 Å². The fraction of sp³-hybridized carbons (Fsp3) is 0.538. The van der Waals surface area contributed by atoms with Crippen molar-refractivity contribution in [2.45, 2.75) is 45.2 Å². The summed E-state index contributed by atoms with van der Waals surface area (Å²) in [5.41, 5.74) is 0. The molecule has 0 N–H and O–H groups in total. The second-order valence-corrected chi connectivity index (χ2v) is 7.10. The maximum Gasteiger partial charge on any atom is 0.0623 e. The van der Waals surface area contributed by atoms with Gasteiger partial charge in [0.05, 0.1) is 19.5 Å². The Labute approximate surface area is 141 Å². The van der Waals surface area contributed by atoms with Gasteiger partial charge in [0.2, 0.25) is 0 Å². The predicted octanol–water partition coefficient (Wildman–Crippen LogP) is 3.94. The van der Waals surface area contributed by atoms with Crippen molar-refractivity contribution in [1.29, 1.82) is 0 Å². The van der Waals surface area contributed by atoms with Crippen LogP contribution in [0.1, 0.15) is 32.1 Å². The van der Waals surface area contributed by atoms with E-state index in [1.807, 2.05) is 21.8 Å². The second-order valence-electron chi connectivity index (χ2n) is 4.61. The van der Waals surface area contributed by atoms with E-state index in [9.17, 15) is 0 Å². The summed E-state index contributed by atoms with van der Waals surface area (Å²) in [5.74, 6) is 0. The Morgan fingerprint density at radius 2 is 1.16 bits per heavy atom. The van der Waals surface area contributed by atoms with Gasteiger partial charge in [-0.3, -0.25) is 9.36 Å². The van der Waals surface area contributed by atoms with Crippen molar-refractivity contribution in [3.63, 3.8) is 0 Å². The molecule has 0 radical (unpaired) electrons. The lowest BCUT2D eigenvalue weighted by Gasteiger charge is -2.03. The summed E-state index contributed by atoms with van der Waals surface area (Å²) in [5, 5.41) is 8.58. The zero-order chi connectivity index (χ0) is 13.5. The van der Waals surface area contributed by atoms with Crippen LogP contribution in [0.3, 0.4) is 0 Å². The van der Waals surface area contributed by atoms with Gasteiger partial charge >= 0.3 is 0 Å². The number of aryl methyl sites for hydroxylation is 2. The first-order chi connectivity index (χ1) is 9.24. The smallest absolute Gasteiger partial charge is 0.0623 e. The molecule has 0 spiro atoms. The first-order valence-electron chi connectivity index (χ1n) is 6.60. The maximum atomic E-state index is 4.29. The van der Waals surface area contributed by atoms with Crippen LogP contribution in [0.4, 0.5) is 0 Å². The molecule has 0 saturated carbocycles. The van der Waals surface area contributed by atoms with E-state index in [4.69, 9.17) is 0 Å². The van der Waals surface area contributed by atoms with Crippen molar-refractivity contribution in [2.24, 2.45) is 0 Å². The Hall–Kier alpha value is -0.120. The molecular weight excluding hydrogens is 466 g/mol. The van der Waals surface area contributed by atoms with Crippen LogP contribution < -0.4 is 0 Å². The summed E-state index contributed by atoms with van der Waals surface area (Å²) in [7, 11) is 0. The van der Waals surface area contributed by atoms with Crippen molar-refractivity contribution in [1.82, 2.24) is 19.6 Å². The van der Waals surface area contributed by atoms with E-state index in [2.05, 4.69) is 67.8 Å². The standard InChI is InChI=1S/C13H18I2N4/c14-12-8-16-18(10-12)6-4-2-1-3-5-7-19-11-13(15)9-17-19/h8-11H,1-7H2. The Kier molecular flexibility index (Phi) is 6.62. The number of halogens is 2. The van der Waals surface area contributed by atoms with Gasteiger partial charge in [0.25, 0.3) is 0 Å². The van der Waals surface area contributed by atoms with E-state index >= 15 is 0 Å². The van der Waals surface area contributed by atoms with Gasteiger partial charge in [-0.05, 0) is 58.0 Å². The monoisotopic (exact) mass is 484 g/mol. The number of hydrogen-bond donors (Lipinski definition) is 0. The lowest BCUT2D eigenvalue weighted by atomic mass is 10.1. The van der Waals surface area contributed by atoms with E-state index in [-0.39, 0.29) is 0 Å². The molecule has 0 saturated heterocycles. The van der Waals surface area contributed by atoms with Crippen LogP contribution in [0.2, 0.25) is 0 Å². The molecule has 2 rings (SSSR count). The number of rotatable bonds is 8. The van der Waals surface area contributed by atoms with E-state index in [1.165, 1.54) is 39.2 Å². The molecule has 0 aliphatic rings. The maximum absolute atomic E-state index is 4.29. The molecule has 0 atom stereocenters. The van der Waals surface area contributed by atoms with Gasteiger partial charge in [-0.25, -0.2) is 0 Å². The van der Waals surface area contributed by atoms with Crippen LogP contribution in [0.5, 0.6) is 0 Å². The average Bonchev–Trinajstić information content (AvgIpc) is 2.97. The Morgan fingerprint density at radius 1 is 0.737 bits per heavy atom. The van der Waals surface area contributed by atoms with E-state index in [0.717, 1.165) is 13.1 Å². The van der Waals surface area contributed by atoms with Crippen LogP contribution in [0.25, 0.3) is 0 Å². The summed E-state index contributed by atoms with van der Waals surface area (Å²) in [6.45, 7) is 2.08. The summed E-state index contributed by atoms with van der Waals surface area (Å²) < 4.78 is 6.50. The third-order valence-corrected chi connectivity index (χ3v) is 4.09. The summed E-state index contributed by atoms with van der Waals surface area (Å²) in [6.07, 6.45) is 14.3. The minimum atomic E-state index is 1.04. The zero-order valence-electron chi connectivity index (χ0n) is 10.8. The predicted molar refractivity (Wildman–Crippen MR) is 93.0 cm³/mol. The summed E-state index contributed by atoms with van der Waals surface area (Å²) in [6, 6.07) is 0. The molecule has 4 nitrogen and oxygen atoms in total. The van der Waals surface area contributed by atoms with Crippen molar-refractivity contribution < 1.29 is 0 Å². The minimum Gasteiger partial charge on any atom is -0.272 e. The number of unbranched alkanes of at least 4 members (excludes halogenated alkanes) is 4. The fourth-order valence-corrected chi connectivity index (χ4v) is 2.89. The highest BCUT2D eigenvalue weighted by atomic mass is 127. The minimum absolute atomic E-state index is 1.04. The van der Waals surface area contributed by atoms with E-state index in [1.54, 1.807) is 0 Å². The molecule has 2 aromatic rings.